The number of rotatable bonds is 6. The van der Waals surface area contributed by atoms with Gasteiger partial charge >= 0.3 is 0 Å². The zero-order chi connectivity index (χ0) is 27.1. The van der Waals surface area contributed by atoms with Crippen molar-refractivity contribution < 1.29 is 8.42 Å². The van der Waals surface area contributed by atoms with Crippen molar-refractivity contribution in [2.45, 2.75) is 62.8 Å². The van der Waals surface area contributed by atoms with E-state index in [4.69, 9.17) is 11.6 Å². The molecule has 0 spiro atoms. The fraction of sp³-hybridized carbons (Fsp3) is 0.464. The summed E-state index contributed by atoms with van der Waals surface area (Å²) >= 11 is 6.59. The second-order valence-corrected chi connectivity index (χ2v) is 14.0. The Morgan fingerprint density at radius 3 is 2.55 bits per heavy atom. The van der Waals surface area contributed by atoms with Crippen molar-refractivity contribution in [3.63, 3.8) is 0 Å². The topological polar surface area (TPSA) is 79.3 Å². The zero-order valence-corrected chi connectivity index (χ0v) is 24.2. The van der Waals surface area contributed by atoms with E-state index in [0.717, 1.165) is 65.5 Å². The first-order chi connectivity index (χ1) is 18.0. The molecule has 1 unspecified atom stereocenters. The first-order valence-corrected chi connectivity index (χ1v) is 15.3. The number of hydrogen-bond acceptors (Lipinski definition) is 5. The van der Waals surface area contributed by atoms with E-state index in [-0.39, 0.29) is 11.5 Å². The van der Waals surface area contributed by atoms with Crippen LogP contribution in [0.3, 0.4) is 0 Å². The monoisotopic (exact) mass is 553 g/mol. The molecule has 202 valence electrons. The molecule has 2 aliphatic heterocycles. The van der Waals surface area contributed by atoms with Crippen LogP contribution in [0.15, 0.2) is 64.2 Å². The van der Waals surface area contributed by atoms with Crippen molar-refractivity contribution >= 4 is 46.6 Å². The zero-order valence-electron chi connectivity index (χ0n) is 22.7. The number of allylic oxidation sites excluding steroid dienone is 2. The molecule has 2 aromatic rings. The van der Waals surface area contributed by atoms with Gasteiger partial charge in [0.1, 0.15) is 19.5 Å². The summed E-state index contributed by atoms with van der Waals surface area (Å²) in [6, 6.07) is 7.33. The molecule has 0 bridgehead atoms. The molecule has 1 atom stereocenters. The van der Waals surface area contributed by atoms with Crippen LogP contribution in [0.5, 0.6) is 0 Å². The standard InChI is InChI=1S/C28H37BClN5O2S/c1-28(2,3)20-8-10-21(11-9-20)38(36,37)34-14-12-19(13-15-34)17-31-26-16-25(22-6-4-5-7-24(22)30)33-27-23(29)18-32-35(26)27/h4,6,8-11,16,18-19,25,31,33H,5,7,12-15,17,29H2,1-3H3. The fourth-order valence-electron chi connectivity index (χ4n) is 5.31. The minimum atomic E-state index is -3.49. The van der Waals surface area contributed by atoms with Crippen LogP contribution in [0.25, 0.3) is 5.82 Å². The molecule has 7 nitrogen and oxygen atoms in total. The molecule has 0 saturated carbocycles. The quantitative estimate of drug-likeness (QED) is 0.535. The molecule has 1 saturated heterocycles. The highest BCUT2D eigenvalue weighted by Crippen LogP contribution is 2.31. The molecule has 1 aromatic heterocycles. The lowest BCUT2D eigenvalue weighted by molar-refractivity contribution is 0.272. The summed E-state index contributed by atoms with van der Waals surface area (Å²) in [4.78, 5) is 0.374. The number of nitrogens with zero attached hydrogens (tertiary/aromatic N) is 3. The Labute approximate surface area is 232 Å². The largest absolute Gasteiger partial charge is 0.370 e. The van der Waals surface area contributed by atoms with Crippen molar-refractivity contribution in [1.29, 1.82) is 0 Å². The van der Waals surface area contributed by atoms with Crippen LogP contribution < -0.4 is 16.1 Å². The third-order valence-corrected chi connectivity index (χ3v) is 10.1. The van der Waals surface area contributed by atoms with Gasteiger partial charge in [0.15, 0.2) is 0 Å². The summed E-state index contributed by atoms with van der Waals surface area (Å²) in [5, 5.41) is 12.7. The highest BCUT2D eigenvalue weighted by atomic mass is 35.5. The fourth-order valence-corrected chi connectivity index (χ4v) is 7.07. The summed E-state index contributed by atoms with van der Waals surface area (Å²) in [7, 11) is -1.44. The molecule has 1 fully saturated rings. The molecule has 10 heteroatoms. The predicted octanol–water partition coefficient (Wildman–Crippen LogP) is 3.56. The molecule has 0 amide bonds. The van der Waals surface area contributed by atoms with Crippen LogP contribution in [-0.4, -0.2) is 56.0 Å². The Kier molecular flexibility index (Phi) is 7.55. The second kappa shape index (κ2) is 10.6. The van der Waals surface area contributed by atoms with Crippen LogP contribution in [0, 0.1) is 5.92 Å². The van der Waals surface area contributed by atoms with Gasteiger partial charge in [-0.2, -0.15) is 9.40 Å². The molecular weight excluding hydrogens is 517 g/mol. The van der Waals surface area contributed by atoms with Gasteiger partial charge in [-0.25, -0.2) is 13.1 Å². The lowest BCUT2D eigenvalue weighted by Gasteiger charge is -2.33. The molecule has 0 radical (unpaired) electrons. The Morgan fingerprint density at radius 2 is 1.89 bits per heavy atom. The summed E-state index contributed by atoms with van der Waals surface area (Å²) < 4.78 is 30.1. The van der Waals surface area contributed by atoms with E-state index < -0.39 is 10.0 Å². The number of piperidine rings is 1. The third-order valence-electron chi connectivity index (χ3n) is 7.78. The molecule has 2 N–H and O–H groups in total. The van der Waals surface area contributed by atoms with Gasteiger partial charge in [-0.3, -0.25) is 0 Å². The summed E-state index contributed by atoms with van der Waals surface area (Å²) in [6.07, 6.45) is 11.8. The molecule has 1 aromatic carbocycles. The van der Waals surface area contributed by atoms with Crippen LogP contribution >= 0.6 is 11.6 Å². The van der Waals surface area contributed by atoms with Gasteiger partial charge < -0.3 is 10.6 Å². The van der Waals surface area contributed by atoms with Crippen LogP contribution in [0.4, 0.5) is 5.82 Å². The van der Waals surface area contributed by atoms with Gasteiger partial charge in [0.25, 0.3) is 0 Å². The minimum absolute atomic E-state index is 0.0105. The van der Waals surface area contributed by atoms with E-state index in [1.807, 2.05) is 30.9 Å². The van der Waals surface area contributed by atoms with Crippen molar-refractivity contribution in [1.82, 2.24) is 19.4 Å². The molecule has 5 rings (SSSR count). The van der Waals surface area contributed by atoms with Crippen molar-refractivity contribution in [3.8, 4) is 0 Å². The van der Waals surface area contributed by atoms with Gasteiger partial charge in [0.05, 0.1) is 10.9 Å². The van der Waals surface area contributed by atoms with E-state index in [1.54, 1.807) is 16.4 Å². The number of hydrogen-bond donors (Lipinski definition) is 2. The van der Waals surface area contributed by atoms with E-state index in [2.05, 4.69) is 54.7 Å². The average Bonchev–Trinajstić information content (AvgIpc) is 3.28. The molecule has 3 heterocycles. The maximum atomic E-state index is 13.3. The molecular formula is C28H37BClN5O2S. The predicted molar refractivity (Wildman–Crippen MR) is 158 cm³/mol. The Morgan fingerprint density at radius 1 is 1.18 bits per heavy atom. The first kappa shape index (κ1) is 27.1. The van der Waals surface area contributed by atoms with Gasteiger partial charge in [-0.15, -0.1) is 0 Å². The van der Waals surface area contributed by atoms with Crippen molar-refractivity contribution in [2.75, 3.05) is 25.0 Å². The Balaban J connectivity index is 1.23. The number of nitrogens with one attached hydrogen (secondary N) is 2. The lowest BCUT2D eigenvalue weighted by atomic mass is 9.87. The van der Waals surface area contributed by atoms with Crippen LogP contribution in [0.1, 0.15) is 52.0 Å². The number of sulfonamides is 1. The van der Waals surface area contributed by atoms with Crippen LogP contribution in [-0.2, 0) is 15.4 Å². The van der Waals surface area contributed by atoms with E-state index >= 15 is 0 Å². The van der Waals surface area contributed by atoms with Crippen LogP contribution in [0.2, 0.25) is 0 Å². The van der Waals surface area contributed by atoms with Gasteiger partial charge in [0, 0.05) is 30.9 Å². The highest BCUT2D eigenvalue weighted by molar-refractivity contribution is 7.89. The number of anilines is 1. The second-order valence-electron chi connectivity index (χ2n) is 11.6. The van der Waals surface area contributed by atoms with E-state index in [9.17, 15) is 8.42 Å². The molecule has 38 heavy (non-hydrogen) atoms. The molecule has 3 aliphatic rings. The normalized spacial score (nSPS) is 21.2. The van der Waals surface area contributed by atoms with Gasteiger partial charge in [-0.05, 0) is 71.8 Å². The number of benzene rings is 1. The van der Waals surface area contributed by atoms with Crippen molar-refractivity contribution in [3.05, 3.63) is 64.9 Å². The van der Waals surface area contributed by atoms with E-state index in [0.29, 0.717) is 23.9 Å². The third kappa shape index (κ3) is 5.47. The summed E-state index contributed by atoms with van der Waals surface area (Å²) in [5.74, 6) is 2.27. The number of aromatic nitrogens is 2. The summed E-state index contributed by atoms with van der Waals surface area (Å²) in [6.45, 7) is 8.19. The Bertz CT molecular complexity index is 1380. The first-order valence-electron chi connectivity index (χ1n) is 13.5. The SMILES string of the molecule is Bc1cnn2c1NC(C1=C(Cl)CCC=C1)C=C2NCC1CCN(S(=O)(=O)c2ccc(C(C)(C)C)cc2)CC1. The van der Waals surface area contributed by atoms with Gasteiger partial charge in [0.2, 0.25) is 10.0 Å². The number of fused-ring (bicyclic) bond motifs is 1. The maximum Gasteiger partial charge on any atom is 0.243 e. The average molecular weight is 554 g/mol. The van der Waals surface area contributed by atoms with Gasteiger partial charge in [-0.1, -0.05) is 56.7 Å². The van der Waals surface area contributed by atoms with Crippen molar-refractivity contribution in [2.24, 2.45) is 5.92 Å². The smallest absolute Gasteiger partial charge is 0.243 e. The summed E-state index contributed by atoms with van der Waals surface area (Å²) in [5.41, 5.74) is 3.29. The molecule has 1 aliphatic carbocycles. The highest BCUT2D eigenvalue weighted by Gasteiger charge is 2.31. The lowest BCUT2D eigenvalue weighted by Crippen LogP contribution is -2.41. The minimum Gasteiger partial charge on any atom is -0.370 e. The maximum absolute atomic E-state index is 13.3. The Hall–Kier alpha value is -2.49. The number of halogens is 1. The van der Waals surface area contributed by atoms with E-state index in [1.165, 1.54) is 0 Å².